The third kappa shape index (κ3) is 3.15. The van der Waals surface area contributed by atoms with E-state index in [4.69, 9.17) is 17.2 Å². The number of nitrogens with zero attached hydrogens (tertiary/aromatic N) is 2. The summed E-state index contributed by atoms with van der Waals surface area (Å²) >= 11 is 0. The highest BCUT2D eigenvalue weighted by Crippen LogP contribution is 2.19. The summed E-state index contributed by atoms with van der Waals surface area (Å²) in [4.78, 5) is 7.66. The van der Waals surface area contributed by atoms with E-state index in [1.54, 1.807) is 12.1 Å². The summed E-state index contributed by atoms with van der Waals surface area (Å²) in [5.41, 5.74) is 17.4. The molecule has 0 aliphatic rings. The van der Waals surface area contributed by atoms with Crippen molar-refractivity contribution in [3.05, 3.63) is 36.4 Å². The molecule has 0 saturated carbocycles. The molecule has 1 aromatic rings. The topological polar surface area (TPSA) is 103 Å². The van der Waals surface area contributed by atoms with Crippen LogP contribution in [0.4, 0.5) is 5.69 Å². The van der Waals surface area contributed by atoms with Gasteiger partial charge in [0.15, 0.2) is 5.96 Å². The fourth-order valence-corrected chi connectivity index (χ4v) is 1.04. The number of rotatable bonds is 2. The molecule has 0 saturated heterocycles. The largest absolute Gasteiger partial charge is 0.370 e. The molecule has 1 aromatic carbocycles. The molecule has 0 aliphatic carbocycles. The van der Waals surface area contributed by atoms with Gasteiger partial charge in [0, 0.05) is 0 Å². The summed E-state index contributed by atoms with van der Waals surface area (Å²) in [6, 6.07) is 7.39. The van der Waals surface area contributed by atoms with Gasteiger partial charge in [0.05, 0.1) is 5.69 Å². The Morgan fingerprint density at radius 1 is 1.20 bits per heavy atom. The van der Waals surface area contributed by atoms with Crippen molar-refractivity contribution >= 4 is 23.7 Å². The first-order chi connectivity index (χ1) is 7.13. The van der Waals surface area contributed by atoms with Gasteiger partial charge in [-0.15, -0.1) is 0 Å². The van der Waals surface area contributed by atoms with E-state index in [0.717, 1.165) is 5.56 Å². The highest BCUT2D eigenvalue weighted by molar-refractivity contribution is 5.94. The van der Waals surface area contributed by atoms with Gasteiger partial charge in [0.1, 0.15) is 0 Å². The van der Waals surface area contributed by atoms with Crippen molar-refractivity contribution in [3.8, 4) is 0 Å². The summed E-state index contributed by atoms with van der Waals surface area (Å²) in [5.74, 6) is -0.100. The predicted octanol–water partition coefficient (Wildman–Crippen LogP) is 0.549. The average molecular weight is 203 g/mol. The van der Waals surface area contributed by atoms with Crippen LogP contribution in [-0.4, -0.2) is 11.9 Å². The Hall–Kier alpha value is -2.30. The number of para-hydroxylation sites is 1. The van der Waals surface area contributed by atoms with Gasteiger partial charge in [-0.05, 0) is 11.6 Å². The first kappa shape index (κ1) is 10.8. The van der Waals surface area contributed by atoms with Gasteiger partial charge in [-0.1, -0.05) is 30.9 Å². The summed E-state index contributed by atoms with van der Waals surface area (Å²) in [7, 11) is 0. The van der Waals surface area contributed by atoms with Gasteiger partial charge in [-0.25, -0.2) is 4.99 Å². The second-order valence-electron chi connectivity index (χ2n) is 2.77. The minimum Gasteiger partial charge on any atom is -0.370 e. The number of hydrogen-bond acceptors (Lipinski definition) is 1. The lowest BCUT2D eigenvalue weighted by molar-refractivity contribution is 1.38. The molecule has 0 spiro atoms. The Balaban J connectivity index is 3.07. The van der Waals surface area contributed by atoms with E-state index < -0.39 is 0 Å². The van der Waals surface area contributed by atoms with Crippen molar-refractivity contribution in [2.24, 2.45) is 27.2 Å². The van der Waals surface area contributed by atoms with Gasteiger partial charge in [-0.3, -0.25) is 0 Å². The highest BCUT2D eigenvalue weighted by Gasteiger charge is 1.96. The lowest BCUT2D eigenvalue weighted by atomic mass is 10.2. The van der Waals surface area contributed by atoms with Crippen molar-refractivity contribution in [1.29, 1.82) is 0 Å². The fraction of sp³-hybridized carbons (Fsp3) is 0. The highest BCUT2D eigenvalue weighted by atomic mass is 15.1. The van der Waals surface area contributed by atoms with Crippen molar-refractivity contribution in [1.82, 2.24) is 0 Å². The number of aliphatic imine (C=N–C) groups is 2. The summed E-state index contributed by atoms with van der Waals surface area (Å²) in [5, 5.41) is 0. The van der Waals surface area contributed by atoms with Crippen LogP contribution in [0.15, 0.2) is 40.8 Å². The van der Waals surface area contributed by atoms with Crippen LogP contribution >= 0.6 is 0 Å². The van der Waals surface area contributed by atoms with Crippen LogP contribution in [0.25, 0.3) is 6.08 Å². The van der Waals surface area contributed by atoms with Gasteiger partial charge in [0.2, 0.25) is 5.96 Å². The molecule has 0 fully saturated rings. The molecule has 78 valence electrons. The van der Waals surface area contributed by atoms with Gasteiger partial charge < -0.3 is 17.2 Å². The van der Waals surface area contributed by atoms with Crippen LogP contribution in [0.1, 0.15) is 5.56 Å². The summed E-state index contributed by atoms with van der Waals surface area (Å²) in [6.07, 6.45) is 1.68. The maximum atomic E-state index is 5.50. The Morgan fingerprint density at radius 3 is 2.47 bits per heavy atom. The monoisotopic (exact) mass is 203 g/mol. The average Bonchev–Trinajstić information content (AvgIpc) is 2.17. The zero-order valence-corrected chi connectivity index (χ0v) is 8.22. The molecule has 0 heterocycles. The van der Waals surface area contributed by atoms with Gasteiger partial charge >= 0.3 is 0 Å². The third-order valence-corrected chi connectivity index (χ3v) is 1.64. The Morgan fingerprint density at radius 2 is 1.87 bits per heavy atom. The zero-order valence-electron chi connectivity index (χ0n) is 8.22. The van der Waals surface area contributed by atoms with E-state index >= 15 is 0 Å². The van der Waals surface area contributed by atoms with Crippen molar-refractivity contribution < 1.29 is 0 Å². The Labute approximate surface area is 88.0 Å². The van der Waals surface area contributed by atoms with E-state index in [-0.39, 0.29) is 11.9 Å². The first-order valence-corrected chi connectivity index (χ1v) is 4.28. The van der Waals surface area contributed by atoms with E-state index in [1.807, 2.05) is 18.2 Å². The van der Waals surface area contributed by atoms with Crippen molar-refractivity contribution in [2.45, 2.75) is 0 Å². The maximum absolute atomic E-state index is 5.50. The molecule has 0 unspecified atom stereocenters. The van der Waals surface area contributed by atoms with E-state index in [1.165, 1.54) is 0 Å². The Bertz CT molecular complexity index is 416. The number of benzene rings is 1. The van der Waals surface area contributed by atoms with Crippen LogP contribution < -0.4 is 17.2 Å². The standard InChI is InChI=1S/C10H13N5/c1-2-7-5-3-4-6-8(7)14-10(13)15-9(11)12/h2-6H,1H2,(H6,11,12,13,14,15). The van der Waals surface area contributed by atoms with Gasteiger partial charge in [0.25, 0.3) is 0 Å². The van der Waals surface area contributed by atoms with Gasteiger partial charge in [-0.2, -0.15) is 4.99 Å². The molecule has 0 aliphatic heterocycles. The van der Waals surface area contributed by atoms with Crippen molar-refractivity contribution in [2.75, 3.05) is 0 Å². The van der Waals surface area contributed by atoms with E-state index in [9.17, 15) is 0 Å². The first-order valence-electron chi connectivity index (χ1n) is 4.28. The summed E-state index contributed by atoms with van der Waals surface area (Å²) in [6.45, 7) is 3.66. The number of guanidine groups is 2. The minimum atomic E-state index is -0.118. The zero-order chi connectivity index (χ0) is 11.3. The quantitative estimate of drug-likeness (QED) is 0.483. The lowest BCUT2D eigenvalue weighted by Gasteiger charge is -1.99. The van der Waals surface area contributed by atoms with Crippen LogP contribution in [0.3, 0.4) is 0 Å². The Kier molecular flexibility index (Phi) is 3.45. The normalized spacial score (nSPS) is 10.8. The molecule has 15 heavy (non-hydrogen) atoms. The smallest absolute Gasteiger partial charge is 0.223 e. The van der Waals surface area contributed by atoms with Crippen LogP contribution in [0.5, 0.6) is 0 Å². The second kappa shape index (κ2) is 4.80. The second-order valence-corrected chi connectivity index (χ2v) is 2.77. The SMILES string of the molecule is C=Cc1ccccc1N=C(N)N=C(N)N. The molecule has 6 N–H and O–H groups in total. The fourth-order valence-electron chi connectivity index (χ4n) is 1.04. The molecule has 0 aromatic heterocycles. The predicted molar refractivity (Wildman–Crippen MR) is 63.6 cm³/mol. The van der Waals surface area contributed by atoms with Crippen molar-refractivity contribution in [3.63, 3.8) is 0 Å². The lowest BCUT2D eigenvalue weighted by Crippen LogP contribution is -2.26. The van der Waals surface area contributed by atoms with Crippen LogP contribution in [0.2, 0.25) is 0 Å². The molecule has 5 heteroatoms. The minimum absolute atomic E-state index is 0.0179. The molecule has 0 atom stereocenters. The van der Waals surface area contributed by atoms with E-state index in [2.05, 4.69) is 16.6 Å². The molecule has 0 amide bonds. The van der Waals surface area contributed by atoms with E-state index in [0.29, 0.717) is 5.69 Å². The van der Waals surface area contributed by atoms with Crippen LogP contribution in [0, 0.1) is 0 Å². The molecular formula is C10H13N5. The maximum Gasteiger partial charge on any atom is 0.223 e. The molecule has 0 bridgehead atoms. The number of hydrogen-bond donors (Lipinski definition) is 3. The molecule has 5 nitrogen and oxygen atoms in total. The molecular weight excluding hydrogens is 190 g/mol. The third-order valence-electron chi connectivity index (χ3n) is 1.64. The molecule has 1 rings (SSSR count). The number of nitrogens with two attached hydrogens (primary N) is 3. The summed E-state index contributed by atoms with van der Waals surface area (Å²) < 4.78 is 0. The molecule has 0 radical (unpaired) electrons. The van der Waals surface area contributed by atoms with Crippen LogP contribution in [-0.2, 0) is 0 Å².